The highest BCUT2D eigenvalue weighted by Gasteiger charge is 2.34. The molecule has 132 valence electrons. The van der Waals surface area contributed by atoms with E-state index in [1.54, 1.807) is 0 Å². The average molecular weight is 355 g/mol. The van der Waals surface area contributed by atoms with Crippen LogP contribution in [0.4, 0.5) is 5.69 Å². The molecule has 1 heterocycles. The molecule has 1 atom stereocenters. The van der Waals surface area contributed by atoms with Crippen LogP contribution in [-0.2, 0) is 0 Å². The van der Waals surface area contributed by atoms with Crippen molar-refractivity contribution in [2.24, 2.45) is 0 Å². The van der Waals surface area contributed by atoms with E-state index in [2.05, 4.69) is 81.7 Å². The maximum atomic E-state index is 6.14. The van der Waals surface area contributed by atoms with Crippen molar-refractivity contribution in [3.05, 3.63) is 58.7 Å². The van der Waals surface area contributed by atoms with Crippen LogP contribution in [0.5, 0.6) is 5.75 Å². The number of hydrogen-bond donors (Lipinski definition) is 2. The fourth-order valence-corrected chi connectivity index (χ4v) is 3.54. The van der Waals surface area contributed by atoms with Crippen LogP contribution in [0, 0.1) is 20.8 Å². The normalized spacial score (nSPS) is 18.0. The van der Waals surface area contributed by atoms with Crippen LogP contribution in [0.3, 0.4) is 0 Å². The Morgan fingerprint density at radius 2 is 1.76 bits per heavy atom. The minimum atomic E-state index is -0.227. The van der Waals surface area contributed by atoms with Gasteiger partial charge >= 0.3 is 0 Å². The number of anilines is 1. The minimum absolute atomic E-state index is 0.128. The summed E-state index contributed by atoms with van der Waals surface area (Å²) in [5.74, 6) is 0.939. The van der Waals surface area contributed by atoms with Crippen molar-refractivity contribution < 1.29 is 4.74 Å². The Balaban J connectivity index is 1.81. The van der Waals surface area contributed by atoms with Crippen molar-refractivity contribution >= 4 is 23.0 Å². The van der Waals surface area contributed by atoms with Crippen molar-refractivity contribution in [2.75, 3.05) is 5.32 Å². The van der Waals surface area contributed by atoms with E-state index in [1.165, 1.54) is 22.3 Å². The minimum Gasteiger partial charge on any atom is -0.487 e. The predicted molar refractivity (Wildman–Crippen MR) is 109 cm³/mol. The number of hydrogen-bond acceptors (Lipinski definition) is 2. The summed E-state index contributed by atoms with van der Waals surface area (Å²) in [4.78, 5) is 0. The van der Waals surface area contributed by atoms with E-state index < -0.39 is 0 Å². The Kier molecular flexibility index (Phi) is 4.74. The van der Waals surface area contributed by atoms with Crippen LogP contribution in [0.15, 0.2) is 36.4 Å². The van der Waals surface area contributed by atoms with Crippen LogP contribution >= 0.6 is 12.2 Å². The summed E-state index contributed by atoms with van der Waals surface area (Å²) >= 11 is 5.59. The molecule has 2 aromatic rings. The molecular weight excluding hydrogens is 328 g/mol. The molecule has 3 nitrogen and oxygen atoms in total. The zero-order valence-corrected chi connectivity index (χ0v) is 16.4. The molecule has 0 amide bonds. The molecule has 0 aromatic heterocycles. The monoisotopic (exact) mass is 354 g/mol. The second kappa shape index (κ2) is 6.68. The summed E-state index contributed by atoms with van der Waals surface area (Å²) in [7, 11) is 0. The Labute approximate surface area is 155 Å². The summed E-state index contributed by atoms with van der Waals surface area (Å²) in [6.45, 7) is 10.5. The highest BCUT2D eigenvalue weighted by molar-refractivity contribution is 7.80. The zero-order valence-electron chi connectivity index (χ0n) is 15.6. The SMILES string of the molecule is Cc1ccc(C)c(NC(=S)N[C@@H]2CC(C)(C)Oc3ccc(C)cc32)c1. The van der Waals surface area contributed by atoms with Crippen molar-refractivity contribution in [3.8, 4) is 5.75 Å². The van der Waals surface area contributed by atoms with Gasteiger partial charge < -0.3 is 15.4 Å². The lowest BCUT2D eigenvalue weighted by molar-refractivity contribution is 0.0696. The standard InChI is InChI=1S/C21H26N2OS/c1-13-7-9-19-16(10-13)18(12-21(4,5)24-19)23-20(25)22-17-11-14(2)6-8-15(17)3/h6-11,18H,12H2,1-5H3,(H2,22,23,25)/t18-/m1/s1. The Morgan fingerprint density at radius 1 is 1.08 bits per heavy atom. The molecule has 0 bridgehead atoms. The topological polar surface area (TPSA) is 33.3 Å². The summed E-state index contributed by atoms with van der Waals surface area (Å²) in [6.07, 6.45) is 0.859. The van der Waals surface area contributed by atoms with E-state index in [-0.39, 0.29) is 11.6 Å². The van der Waals surface area contributed by atoms with Gasteiger partial charge in [-0.05, 0) is 70.1 Å². The molecule has 0 unspecified atom stereocenters. The Hall–Kier alpha value is -2.07. The van der Waals surface area contributed by atoms with Crippen molar-refractivity contribution in [1.29, 1.82) is 0 Å². The zero-order chi connectivity index (χ0) is 18.2. The van der Waals surface area contributed by atoms with E-state index in [9.17, 15) is 0 Å². The smallest absolute Gasteiger partial charge is 0.171 e. The third kappa shape index (κ3) is 4.13. The first-order valence-corrected chi connectivity index (χ1v) is 9.09. The molecule has 0 saturated heterocycles. The number of nitrogens with one attached hydrogen (secondary N) is 2. The van der Waals surface area contributed by atoms with Gasteiger partial charge in [0.15, 0.2) is 5.11 Å². The number of fused-ring (bicyclic) bond motifs is 1. The Morgan fingerprint density at radius 3 is 2.52 bits per heavy atom. The van der Waals surface area contributed by atoms with Crippen LogP contribution in [0.1, 0.15) is 48.6 Å². The van der Waals surface area contributed by atoms with Gasteiger partial charge in [-0.1, -0.05) is 29.8 Å². The third-order valence-electron chi connectivity index (χ3n) is 4.57. The number of thiocarbonyl (C=S) groups is 1. The lowest BCUT2D eigenvalue weighted by atomic mass is 9.89. The molecule has 0 spiro atoms. The largest absolute Gasteiger partial charge is 0.487 e. The first-order chi connectivity index (χ1) is 11.7. The number of aryl methyl sites for hydroxylation is 3. The molecule has 0 saturated carbocycles. The molecular formula is C21H26N2OS. The molecule has 1 aliphatic heterocycles. The molecule has 2 N–H and O–H groups in total. The summed E-state index contributed by atoms with van der Waals surface area (Å²) < 4.78 is 6.14. The van der Waals surface area contributed by atoms with E-state index in [0.29, 0.717) is 5.11 Å². The van der Waals surface area contributed by atoms with Gasteiger partial charge in [0, 0.05) is 17.7 Å². The lowest BCUT2D eigenvalue weighted by Crippen LogP contribution is -2.42. The first-order valence-electron chi connectivity index (χ1n) is 8.68. The van der Waals surface area contributed by atoms with Crippen molar-refractivity contribution in [1.82, 2.24) is 5.32 Å². The maximum Gasteiger partial charge on any atom is 0.171 e. The van der Waals surface area contributed by atoms with Crippen LogP contribution < -0.4 is 15.4 Å². The second-order valence-corrected chi connectivity index (χ2v) is 7.98. The highest BCUT2D eigenvalue weighted by atomic mass is 32.1. The molecule has 0 radical (unpaired) electrons. The summed E-state index contributed by atoms with van der Waals surface area (Å²) in [5, 5.41) is 7.49. The van der Waals surface area contributed by atoms with E-state index >= 15 is 0 Å². The van der Waals surface area contributed by atoms with Gasteiger partial charge in [-0.2, -0.15) is 0 Å². The molecule has 25 heavy (non-hydrogen) atoms. The third-order valence-corrected chi connectivity index (χ3v) is 4.79. The second-order valence-electron chi connectivity index (χ2n) is 7.58. The van der Waals surface area contributed by atoms with Gasteiger partial charge in [0.25, 0.3) is 0 Å². The first kappa shape index (κ1) is 17.7. The summed E-state index contributed by atoms with van der Waals surface area (Å²) in [5.41, 5.74) is 5.61. The lowest BCUT2D eigenvalue weighted by Gasteiger charge is -2.38. The van der Waals surface area contributed by atoms with Crippen LogP contribution in [0.25, 0.3) is 0 Å². The quantitative estimate of drug-likeness (QED) is 0.726. The molecule has 0 aliphatic carbocycles. The van der Waals surface area contributed by atoms with E-state index in [0.717, 1.165) is 17.9 Å². The maximum absolute atomic E-state index is 6.14. The summed E-state index contributed by atoms with van der Waals surface area (Å²) in [6, 6.07) is 12.8. The van der Waals surface area contributed by atoms with Gasteiger partial charge in [0.2, 0.25) is 0 Å². The molecule has 4 heteroatoms. The van der Waals surface area contributed by atoms with E-state index in [1.807, 2.05) is 0 Å². The van der Waals surface area contributed by atoms with E-state index in [4.69, 9.17) is 17.0 Å². The number of ether oxygens (including phenoxy) is 1. The number of rotatable bonds is 2. The van der Waals surface area contributed by atoms with Crippen LogP contribution in [0.2, 0.25) is 0 Å². The van der Waals surface area contributed by atoms with Crippen molar-refractivity contribution in [3.63, 3.8) is 0 Å². The van der Waals surface area contributed by atoms with Gasteiger partial charge in [0.05, 0.1) is 6.04 Å². The molecule has 1 aliphatic rings. The van der Waals surface area contributed by atoms with Gasteiger partial charge in [-0.25, -0.2) is 0 Å². The highest BCUT2D eigenvalue weighted by Crippen LogP contribution is 2.39. The van der Waals surface area contributed by atoms with Crippen molar-refractivity contribution in [2.45, 2.75) is 52.7 Å². The van der Waals surface area contributed by atoms with Gasteiger partial charge in [-0.15, -0.1) is 0 Å². The molecule has 2 aromatic carbocycles. The molecule has 0 fully saturated rings. The van der Waals surface area contributed by atoms with Crippen LogP contribution in [-0.4, -0.2) is 10.7 Å². The van der Waals surface area contributed by atoms with Gasteiger partial charge in [-0.3, -0.25) is 0 Å². The molecule has 3 rings (SSSR count). The predicted octanol–water partition coefficient (Wildman–Crippen LogP) is 5.20. The average Bonchev–Trinajstić information content (AvgIpc) is 2.51. The van der Waals surface area contributed by atoms with Gasteiger partial charge in [0.1, 0.15) is 11.4 Å². The fourth-order valence-electron chi connectivity index (χ4n) is 3.29. The fraction of sp³-hybridized carbons (Fsp3) is 0.381. The Bertz CT molecular complexity index is 814. The number of benzene rings is 2.